The van der Waals surface area contributed by atoms with E-state index in [1.807, 2.05) is 6.07 Å². The lowest BCUT2D eigenvalue weighted by atomic mass is 10.2. The van der Waals surface area contributed by atoms with E-state index in [9.17, 15) is 8.78 Å². The number of pyridine rings is 1. The average molecular weight is 356 g/mol. The van der Waals surface area contributed by atoms with Crippen LogP contribution in [0.1, 0.15) is 0 Å². The molecule has 0 saturated carbocycles. The molecule has 0 spiro atoms. The fraction of sp³-hybridized carbons (Fsp3) is 0. The summed E-state index contributed by atoms with van der Waals surface area (Å²) in [6, 6.07) is 6.73. The number of tetrazole rings is 1. The second-order valence-corrected chi connectivity index (χ2v) is 6.10. The highest BCUT2D eigenvalue weighted by atomic mass is 32.1. The minimum absolute atomic E-state index is 0.000258. The summed E-state index contributed by atoms with van der Waals surface area (Å²) in [5.41, 5.74) is 1.37. The Morgan fingerprint density at radius 2 is 1.92 bits per heavy atom. The molecule has 11 heteroatoms. The van der Waals surface area contributed by atoms with Gasteiger partial charge in [-0.25, -0.2) is 8.78 Å². The zero-order valence-corrected chi connectivity index (χ0v) is 13.0. The maximum atomic E-state index is 14.0. The van der Waals surface area contributed by atoms with Crippen LogP contribution in [0.3, 0.4) is 0 Å². The van der Waals surface area contributed by atoms with Crippen molar-refractivity contribution in [2.24, 2.45) is 0 Å². The number of nitrogens with zero attached hydrogens (tertiary/aromatic N) is 8. The van der Waals surface area contributed by atoms with E-state index < -0.39 is 11.6 Å². The van der Waals surface area contributed by atoms with Crippen LogP contribution in [0.2, 0.25) is 0 Å². The predicted octanol–water partition coefficient (Wildman–Crippen LogP) is 2.24. The second-order valence-electron chi connectivity index (χ2n) is 5.15. The molecule has 0 bridgehead atoms. The molecule has 0 fully saturated rings. The monoisotopic (exact) mass is 356 g/mol. The molecule has 0 aliphatic heterocycles. The summed E-state index contributed by atoms with van der Waals surface area (Å²) < 4.78 is 30.4. The van der Waals surface area contributed by atoms with Gasteiger partial charge in [-0.2, -0.15) is 14.1 Å². The summed E-state index contributed by atoms with van der Waals surface area (Å²) in [5, 5.41) is 24.2. The van der Waals surface area contributed by atoms with Crippen molar-refractivity contribution in [1.29, 1.82) is 0 Å². The van der Waals surface area contributed by atoms with Gasteiger partial charge in [0, 0.05) is 11.8 Å². The van der Waals surface area contributed by atoms with E-state index in [0.717, 1.165) is 23.8 Å². The summed E-state index contributed by atoms with van der Waals surface area (Å²) in [4.78, 5) is 0.463. The normalized spacial score (nSPS) is 11.6. The number of halogens is 2. The first kappa shape index (κ1) is 14.0. The summed E-state index contributed by atoms with van der Waals surface area (Å²) in [7, 11) is 0. The molecule has 0 aliphatic carbocycles. The second kappa shape index (κ2) is 5.08. The summed E-state index contributed by atoms with van der Waals surface area (Å²) in [6.45, 7) is 0. The van der Waals surface area contributed by atoms with E-state index in [0.29, 0.717) is 15.6 Å². The number of fused-ring (bicyclic) bond motifs is 2. The number of hydrogen-bond donors (Lipinski definition) is 0. The van der Waals surface area contributed by atoms with Crippen molar-refractivity contribution < 1.29 is 8.78 Å². The molecule has 1 aromatic carbocycles. The topological polar surface area (TPSA) is 86.2 Å². The standard InChI is InChI=1S/C14H6F2N8S/c15-8-2-3-10(16)9(5-8)12-18-19-14-24(12)20-13(25-14)7-1-4-11-17-21-22-23(11)6-7/h1-6H. The van der Waals surface area contributed by atoms with Gasteiger partial charge in [-0.1, -0.05) is 11.3 Å². The molecule has 0 atom stereocenters. The summed E-state index contributed by atoms with van der Waals surface area (Å²) in [6.07, 6.45) is 1.73. The fourth-order valence-electron chi connectivity index (χ4n) is 2.44. The van der Waals surface area contributed by atoms with E-state index in [1.165, 1.54) is 20.4 Å². The first-order valence-corrected chi connectivity index (χ1v) is 7.86. The van der Waals surface area contributed by atoms with E-state index in [1.54, 1.807) is 12.3 Å². The molecule has 25 heavy (non-hydrogen) atoms. The van der Waals surface area contributed by atoms with Crippen LogP contribution in [0.25, 0.3) is 32.6 Å². The van der Waals surface area contributed by atoms with Crippen molar-refractivity contribution in [2.75, 3.05) is 0 Å². The Balaban J connectivity index is 1.67. The Morgan fingerprint density at radius 1 is 1.00 bits per heavy atom. The van der Waals surface area contributed by atoms with Crippen LogP contribution < -0.4 is 0 Å². The Labute approximate surface area is 141 Å². The molecule has 0 aliphatic rings. The number of benzene rings is 1. The number of rotatable bonds is 2. The lowest BCUT2D eigenvalue weighted by Crippen LogP contribution is -1.95. The molecule has 5 rings (SSSR count). The lowest BCUT2D eigenvalue weighted by molar-refractivity contribution is 0.601. The molecule has 0 amide bonds. The van der Waals surface area contributed by atoms with Crippen LogP contribution in [-0.2, 0) is 0 Å². The van der Waals surface area contributed by atoms with Gasteiger partial charge < -0.3 is 0 Å². The fourth-order valence-corrected chi connectivity index (χ4v) is 3.27. The molecule has 4 heterocycles. The maximum Gasteiger partial charge on any atom is 0.235 e. The zero-order valence-electron chi connectivity index (χ0n) is 12.2. The molecule has 5 aromatic rings. The first-order valence-electron chi connectivity index (χ1n) is 7.05. The van der Waals surface area contributed by atoms with Crippen molar-refractivity contribution in [1.82, 2.24) is 39.9 Å². The van der Waals surface area contributed by atoms with E-state index >= 15 is 0 Å². The largest absolute Gasteiger partial charge is 0.235 e. The van der Waals surface area contributed by atoms with Crippen molar-refractivity contribution in [3.05, 3.63) is 48.2 Å². The van der Waals surface area contributed by atoms with E-state index in [-0.39, 0.29) is 11.4 Å². The molecule has 122 valence electrons. The van der Waals surface area contributed by atoms with Crippen molar-refractivity contribution in [3.63, 3.8) is 0 Å². The summed E-state index contributed by atoms with van der Waals surface area (Å²) >= 11 is 1.27. The molecular formula is C14H6F2N8S. The highest BCUT2D eigenvalue weighted by Gasteiger charge is 2.18. The molecule has 0 N–H and O–H groups in total. The predicted molar refractivity (Wildman–Crippen MR) is 83.8 cm³/mol. The Bertz CT molecular complexity index is 1240. The third-order valence-electron chi connectivity index (χ3n) is 3.60. The van der Waals surface area contributed by atoms with Crippen LogP contribution in [0, 0.1) is 11.6 Å². The Morgan fingerprint density at radius 3 is 2.84 bits per heavy atom. The van der Waals surface area contributed by atoms with Gasteiger partial charge in [0.2, 0.25) is 4.96 Å². The van der Waals surface area contributed by atoms with Crippen molar-refractivity contribution in [2.45, 2.75) is 0 Å². The summed E-state index contributed by atoms with van der Waals surface area (Å²) in [5.74, 6) is -1.02. The number of aromatic nitrogens is 8. The van der Waals surface area contributed by atoms with Gasteiger partial charge in [0.15, 0.2) is 11.5 Å². The van der Waals surface area contributed by atoms with Gasteiger partial charge >= 0.3 is 0 Å². The average Bonchev–Trinajstić information content (AvgIpc) is 3.30. The molecule has 0 unspecified atom stereocenters. The molecular weight excluding hydrogens is 350 g/mol. The quantitative estimate of drug-likeness (QED) is 0.482. The molecule has 0 saturated heterocycles. The maximum absolute atomic E-state index is 14.0. The van der Waals surface area contributed by atoms with E-state index in [4.69, 9.17) is 0 Å². The van der Waals surface area contributed by atoms with Crippen LogP contribution in [0.5, 0.6) is 0 Å². The number of hydrogen-bond acceptors (Lipinski definition) is 7. The third kappa shape index (κ3) is 2.16. The highest BCUT2D eigenvalue weighted by Crippen LogP contribution is 2.29. The van der Waals surface area contributed by atoms with Gasteiger partial charge in [-0.15, -0.1) is 15.3 Å². The molecule has 8 nitrogen and oxygen atoms in total. The van der Waals surface area contributed by atoms with Gasteiger partial charge in [0.05, 0.1) is 5.56 Å². The smallest absolute Gasteiger partial charge is 0.207 e. The first-order chi connectivity index (χ1) is 12.2. The van der Waals surface area contributed by atoms with Crippen molar-refractivity contribution >= 4 is 21.9 Å². The van der Waals surface area contributed by atoms with Crippen LogP contribution in [0.15, 0.2) is 36.5 Å². The molecule has 4 aromatic heterocycles. The SMILES string of the molecule is Fc1ccc(F)c(-c2nnc3sc(-c4ccc5nnnn5c4)nn23)c1. The van der Waals surface area contributed by atoms with Crippen LogP contribution in [-0.4, -0.2) is 39.9 Å². The van der Waals surface area contributed by atoms with Crippen LogP contribution in [0.4, 0.5) is 8.78 Å². The highest BCUT2D eigenvalue weighted by molar-refractivity contribution is 7.19. The zero-order chi connectivity index (χ0) is 17.0. The van der Waals surface area contributed by atoms with Gasteiger partial charge in [-0.3, -0.25) is 0 Å². The Hall–Kier alpha value is -3.34. The van der Waals surface area contributed by atoms with Crippen molar-refractivity contribution in [3.8, 4) is 22.0 Å². The lowest BCUT2D eigenvalue weighted by Gasteiger charge is -1.99. The van der Waals surface area contributed by atoms with Gasteiger partial charge in [0.1, 0.15) is 16.6 Å². The van der Waals surface area contributed by atoms with E-state index in [2.05, 4.69) is 30.8 Å². The molecule has 0 radical (unpaired) electrons. The van der Waals surface area contributed by atoms with Crippen LogP contribution >= 0.6 is 11.3 Å². The third-order valence-corrected chi connectivity index (χ3v) is 4.55. The minimum atomic E-state index is -0.597. The minimum Gasteiger partial charge on any atom is -0.207 e. The Kier molecular flexibility index (Phi) is 2.85. The van der Waals surface area contributed by atoms with Gasteiger partial charge in [-0.05, 0) is 40.8 Å². The van der Waals surface area contributed by atoms with Gasteiger partial charge in [0.25, 0.3) is 0 Å².